The van der Waals surface area contributed by atoms with Crippen molar-refractivity contribution in [3.63, 3.8) is 0 Å². The fourth-order valence-electron chi connectivity index (χ4n) is 3.15. The lowest BCUT2D eigenvalue weighted by Crippen LogP contribution is -2.55. The molecule has 1 aromatic rings. The molecule has 1 aromatic carbocycles. The van der Waals surface area contributed by atoms with E-state index in [1.54, 1.807) is 4.90 Å². The molecule has 1 aliphatic heterocycles. The van der Waals surface area contributed by atoms with Crippen molar-refractivity contribution in [2.24, 2.45) is 0 Å². The van der Waals surface area contributed by atoms with Gasteiger partial charge in [0.05, 0.1) is 0 Å². The molecule has 1 heterocycles. The number of carbonyl (C=O) groups excluding carboxylic acids is 2. The molecule has 1 N–H and O–H groups in total. The Labute approximate surface area is 144 Å². The monoisotopic (exact) mass is 332 g/mol. The highest BCUT2D eigenvalue weighted by Gasteiger charge is 2.48. The van der Waals surface area contributed by atoms with Gasteiger partial charge in [0, 0.05) is 31.9 Å². The summed E-state index contributed by atoms with van der Waals surface area (Å²) in [6, 6.07) is 5.88. The van der Waals surface area contributed by atoms with E-state index in [4.69, 9.17) is 4.74 Å². The van der Waals surface area contributed by atoms with Crippen LogP contribution in [0.5, 0.6) is 0 Å². The first-order valence-corrected chi connectivity index (χ1v) is 8.67. The van der Waals surface area contributed by atoms with Crippen LogP contribution in [0.15, 0.2) is 18.2 Å². The zero-order valence-corrected chi connectivity index (χ0v) is 15.1. The normalized spacial score (nSPS) is 20.5. The van der Waals surface area contributed by atoms with E-state index in [0.29, 0.717) is 32.6 Å². The van der Waals surface area contributed by atoms with Gasteiger partial charge in [0.2, 0.25) is 11.8 Å². The van der Waals surface area contributed by atoms with E-state index < -0.39 is 5.54 Å². The number of amides is 2. The van der Waals surface area contributed by atoms with Gasteiger partial charge in [-0.3, -0.25) is 14.5 Å². The van der Waals surface area contributed by atoms with Crippen LogP contribution in [0, 0.1) is 13.8 Å². The number of rotatable bonds is 7. The summed E-state index contributed by atoms with van der Waals surface area (Å²) in [5, 5.41) is 2.97. The molecular formula is C19H28N2O3. The zero-order valence-electron chi connectivity index (χ0n) is 15.1. The van der Waals surface area contributed by atoms with Gasteiger partial charge in [0.25, 0.3) is 0 Å². The Bertz CT molecular complexity index is 615. The lowest BCUT2D eigenvalue weighted by atomic mass is 9.95. The topological polar surface area (TPSA) is 58.6 Å². The van der Waals surface area contributed by atoms with Gasteiger partial charge in [-0.15, -0.1) is 0 Å². The van der Waals surface area contributed by atoms with Crippen molar-refractivity contribution in [2.45, 2.75) is 52.5 Å². The summed E-state index contributed by atoms with van der Waals surface area (Å²) < 4.78 is 5.29. The molecule has 1 aliphatic rings. The summed E-state index contributed by atoms with van der Waals surface area (Å²) in [4.78, 5) is 27.0. The Kier molecular flexibility index (Phi) is 5.99. The van der Waals surface area contributed by atoms with E-state index in [1.165, 1.54) is 0 Å². The van der Waals surface area contributed by atoms with Crippen molar-refractivity contribution in [1.29, 1.82) is 0 Å². The third-order valence-electron chi connectivity index (χ3n) is 4.83. The lowest BCUT2D eigenvalue weighted by molar-refractivity contribution is -0.127. The molecule has 2 rings (SSSR count). The Hall–Kier alpha value is -1.88. The fraction of sp³-hybridized carbons (Fsp3) is 0.579. The number of nitrogens with zero attached hydrogens (tertiary/aromatic N) is 1. The van der Waals surface area contributed by atoms with Crippen molar-refractivity contribution in [3.8, 4) is 0 Å². The lowest BCUT2D eigenvalue weighted by Gasteiger charge is -2.35. The number of carbonyl (C=O) groups is 2. The molecule has 0 radical (unpaired) electrons. The fourth-order valence-corrected chi connectivity index (χ4v) is 3.15. The molecule has 5 heteroatoms. The zero-order chi connectivity index (χ0) is 17.7. The molecule has 1 atom stereocenters. The predicted octanol–water partition coefficient (Wildman–Crippen LogP) is 2.73. The molecule has 1 unspecified atom stereocenters. The number of hydrogen-bond acceptors (Lipinski definition) is 3. The number of aryl methyl sites for hydroxylation is 1. The summed E-state index contributed by atoms with van der Waals surface area (Å²) in [5.41, 5.74) is 2.17. The number of hydrogen-bond donors (Lipinski definition) is 1. The number of anilines is 1. The van der Waals surface area contributed by atoms with Crippen molar-refractivity contribution in [3.05, 3.63) is 29.3 Å². The van der Waals surface area contributed by atoms with Crippen LogP contribution in [0.1, 0.15) is 44.2 Å². The van der Waals surface area contributed by atoms with Crippen LogP contribution in [0.4, 0.5) is 5.69 Å². The minimum absolute atomic E-state index is 0.00988. The molecule has 1 saturated heterocycles. The van der Waals surface area contributed by atoms with E-state index in [-0.39, 0.29) is 11.8 Å². The van der Waals surface area contributed by atoms with E-state index in [0.717, 1.165) is 23.2 Å². The molecule has 2 amide bonds. The van der Waals surface area contributed by atoms with Crippen LogP contribution in [0.25, 0.3) is 0 Å². The average Bonchev–Trinajstić information content (AvgIpc) is 2.86. The second-order valence-electron chi connectivity index (χ2n) is 6.53. The molecule has 0 aliphatic carbocycles. The van der Waals surface area contributed by atoms with Gasteiger partial charge in [-0.05, 0) is 57.7 Å². The summed E-state index contributed by atoms with van der Waals surface area (Å²) in [7, 11) is 0. The third kappa shape index (κ3) is 3.61. The highest BCUT2D eigenvalue weighted by atomic mass is 16.5. The maximum Gasteiger partial charge on any atom is 0.246 e. The van der Waals surface area contributed by atoms with Crippen LogP contribution in [-0.4, -0.2) is 37.1 Å². The maximum absolute atomic E-state index is 12.8. The number of nitrogens with one attached hydrogen (secondary N) is 1. The first-order chi connectivity index (χ1) is 11.4. The molecule has 0 spiro atoms. The van der Waals surface area contributed by atoms with E-state index >= 15 is 0 Å². The minimum Gasteiger partial charge on any atom is -0.382 e. The maximum atomic E-state index is 12.8. The van der Waals surface area contributed by atoms with Gasteiger partial charge in [-0.25, -0.2) is 0 Å². The smallest absolute Gasteiger partial charge is 0.246 e. The molecular weight excluding hydrogens is 304 g/mol. The van der Waals surface area contributed by atoms with Crippen molar-refractivity contribution < 1.29 is 14.3 Å². The van der Waals surface area contributed by atoms with Crippen molar-refractivity contribution >= 4 is 17.5 Å². The predicted molar refractivity (Wildman–Crippen MR) is 95.2 cm³/mol. The molecule has 1 fully saturated rings. The Balaban J connectivity index is 2.16. The van der Waals surface area contributed by atoms with Gasteiger partial charge in [-0.1, -0.05) is 12.1 Å². The van der Waals surface area contributed by atoms with E-state index in [1.807, 2.05) is 45.9 Å². The Morgan fingerprint density at radius 1 is 1.38 bits per heavy atom. The molecule has 0 saturated carbocycles. The second kappa shape index (κ2) is 7.79. The first kappa shape index (κ1) is 18.5. The standard InChI is InChI=1S/C19H28N2O3/c1-5-24-13-7-12-20-18(23)19(4)11-10-17(22)21(19)16-9-6-8-14(2)15(16)3/h6,8-9H,5,7,10-13H2,1-4H3,(H,20,23). The van der Waals surface area contributed by atoms with Crippen LogP contribution < -0.4 is 10.2 Å². The average molecular weight is 332 g/mol. The van der Waals surface area contributed by atoms with Gasteiger partial charge in [-0.2, -0.15) is 0 Å². The van der Waals surface area contributed by atoms with E-state index in [2.05, 4.69) is 5.32 Å². The summed E-state index contributed by atoms with van der Waals surface area (Å²) in [6.07, 6.45) is 1.71. The van der Waals surface area contributed by atoms with Gasteiger partial charge in [0.1, 0.15) is 5.54 Å². The largest absolute Gasteiger partial charge is 0.382 e. The summed E-state index contributed by atoms with van der Waals surface area (Å²) in [5.74, 6) is -0.0820. The summed E-state index contributed by atoms with van der Waals surface area (Å²) >= 11 is 0. The van der Waals surface area contributed by atoms with Crippen molar-refractivity contribution in [1.82, 2.24) is 5.32 Å². The third-order valence-corrected chi connectivity index (χ3v) is 4.83. The van der Waals surface area contributed by atoms with Crippen LogP contribution in [-0.2, 0) is 14.3 Å². The first-order valence-electron chi connectivity index (χ1n) is 8.67. The minimum atomic E-state index is -0.832. The number of ether oxygens (including phenoxy) is 1. The van der Waals surface area contributed by atoms with Crippen molar-refractivity contribution in [2.75, 3.05) is 24.7 Å². The van der Waals surface area contributed by atoms with E-state index in [9.17, 15) is 9.59 Å². The van der Waals surface area contributed by atoms with Crippen LogP contribution >= 0.6 is 0 Å². The Morgan fingerprint density at radius 3 is 2.83 bits per heavy atom. The second-order valence-corrected chi connectivity index (χ2v) is 6.53. The number of benzene rings is 1. The highest BCUT2D eigenvalue weighted by Crippen LogP contribution is 2.37. The molecule has 24 heavy (non-hydrogen) atoms. The Morgan fingerprint density at radius 2 is 2.12 bits per heavy atom. The van der Waals surface area contributed by atoms with Gasteiger partial charge in [0.15, 0.2) is 0 Å². The quantitative estimate of drug-likeness (QED) is 0.781. The molecule has 132 valence electrons. The molecule has 0 aromatic heterocycles. The van der Waals surface area contributed by atoms with Crippen LogP contribution in [0.2, 0.25) is 0 Å². The molecule has 0 bridgehead atoms. The van der Waals surface area contributed by atoms with Crippen LogP contribution in [0.3, 0.4) is 0 Å². The SMILES string of the molecule is CCOCCCNC(=O)C1(C)CCC(=O)N1c1cccc(C)c1C. The van der Waals surface area contributed by atoms with Gasteiger partial charge >= 0.3 is 0 Å². The molecule has 5 nitrogen and oxygen atoms in total. The highest BCUT2D eigenvalue weighted by molar-refractivity contribution is 6.07. The summed E-state index contributed by atoms with van der Waals surface area (Å²) in [6.45, 7) is 9.70. The van der Waals surface area contributed by atoms with Gasteiger partial charge < -0.3 is 10.1 Å².